The van der Waals surface area contributed by atoms with Gasteiger partial charge in [0.05, 0.1) is 10.7 Å². The van der Waals surface area contributed by atoms with Gasteiger partial charge in [0.15, 0.2) is 0 Å². The van der Waals surface area contributed by atoms with Gasteiger partial charge < -0.3 is 10.3 Å². The van der Waals surface area contributed by atoms with E-state index in [0.29, 0.717) is 11.7 Å². The summed E-state index contributed by atoms with van der Waals surface area (Å²) in [6, 6.07) is 2.11. The van der Waals surface area contributed by atoms with Crippen LogP contribution in [0.25, 0.3) is 11.3 Å². The van der Waals surface area contributed by atoms with Gasteiger partial charge in [0.2, 0.25) is 0 Å². The predicted octanol–water partition coefficient (Wildman–Crippen LogP) is 3.97. The van der Waals surface area contributed by atoms with Crippen LogP contribution >= 0.6 is 11.3 Å². The lowest BCUT2D eigenvalue weighted by molar-refractivity contribution is -0.126. The summed E-state index contributed by atoms with van der Waals surface area (Å²) in [4.78, 5) is 19.0. The van der Waals surface area contributed by atoms with E-state index in [1.54, 1.807) is 11.3 Å². The Morgan fingerprint density at radius 3 is 2.48 bits per heavy atom. The maximum absolute atomic E-state index is 11.5. The van der Waals surface area contributed by atoms with E-state index in [1.165, 1.54) is 11.3 Å². The largest absolute Gasteiger partial charge is 0.365 e. The van der Waals surface area contributed by atoms with Crippen molar-refractivity contribution >= 4 is 17.1 Å². The summed E-state index contributed by atoms with van der Waals surface area (Å²) in [7, 11) is 0. The van der Waals surface area contributed by atoms with Gasteiger partial charge in [0.1, 0.15) is 5.78 Å². The summed E-state index contributed by atoms with van der Waals surface area (Å²) in [5.74, 6) is 1.01. The Bertz CT molecular complexity index is 586. The normalized spacial score (nSPS) is 15.3. The number of aromatic nitrogens is 2. The van der Waals surface area contributed by atoms with Gasteiger partial charge in [-0.2, -0.15) is 0 Å². The topological polar surface area (TPSA) is 57.8 Å². The van der Waals surface area contributed by atoms with E-state index >= 15 is 0 Å². The van der Waals surface area contributed by atoms with Crippen LogP contribution in [0.1, 0.15) is 37.4 Å². The molecule has 2 aromatic rings. The number of hydrogen-bond donors (Lipinski definition) is 2. The fourth-order valence-electron chi connectivity index (χ4n) is 2.73. The number of hydrogen-bond acceptors (Lipinski definition) is 4. The second-order valence-electron chi connectivity index (χ2n) is 6.40. The van der Waals surface area contributed by atoms with Gasteiger partial charge in [-0.05, 0) is 45.8 Å². The fraction of sp³-hybridized carbons (Fsp3) is 0.556. The number of carbonyl (C=O) groups excluding carboxylic acids is 1. The first-order valence-corrected chi connectivity index (χ1v) is 9.17. The molecule has 1 fully saturated rings. The number of carbonyl (C=O) groups is 1. The predicted molar refractivity (Wildman–Crippen MR) is 96.8 cm³/mol. The van der Waals surface area contributed by atoms with Crippen LogP contribution < -0.4 is 5.32 Å². The number of thiazole rings is 1. The van der Waals surface area contributed by atoms with Crippen LogP contribution in [0.5, 0.6) is 0 Å². The van der Waals surface area contributed by atoms with Gasteiger partial charge in [-0.3, -0.25) is 4.79 Å². The number of aromatic amines is 1. The molecular formula is C18H27N3OS. The molecule has 0 radical (unpaired) electrons. The van der Waals surface area contributed by atoms with E-state index in [0.717, 1.165) is 36.6 Å². The van der Waals surface area contributed by atoms with Gasteiger partial charge in [0.25, 0.3) is 0 Å². The lowest BCUT2D eigenvalue weighted by atomic mass is 9.88. The van der Waals surface area contributed by atoms with Gasteiger partial charge >= 0.3 is 0 Å². The molecule has 0 bridgehead atoms. The summed E-state index contributed by atoms with van der Waals surface area (Å²) in [5, 5.41) is 6.45. The summed E-state index contributed by atoms with van der Waals surface area (Å²) in [5.41, 5.74) is 3.43. The number of Topliss-reactive ketones (excluding diaryl/α,β-unsaturated/α-hetero) is 1. The molecule has 2 N–H and O–H groups in total. The van der Waals surface area contributed by atoms with E-state index in [-0.39, 0.29) is 5.92 Å². The number of nitrogens with zero attached hydrogens (tertiary/aromatic N) is 1. The lowest BCUT2D eigenvalue weighted by Gasteiger charge is -2.22. The first kappa shape index (κ1) is 17.9. The highest BCUT2D eigenvalue weighted by Gasteiger charge is 2.22. The van der Waals surface area contributed by atoms with Gasteiger partial charge in [-0.15, -0.1) is 11.3 Å². The highest BCUT2D eigenvalue weighted by molar-refractivity contribution is 7.09. The molecule has 0 aliphatic carbocycles. The molecule has 0 amide bonds. The Morgan fingerprint density at radius 1 is 1.30 bits per heavy atom. The Kier molecular flexibility index (Phi) is 6.54. The van der Waals surface area contributed by atoms with Crippen LogP contribution in [0, 0.1) is 25.7 Å². The molecule has 3 heterocycles. The number of aryl methyl sites for hydroxylation is 2. The maximum Gasteiger partial charge on any atom is 0.138 e. The second kappa shape index (κ2) is 8.41. The minimum Gasteiger partial charge on any atom is -0.365 e. The molecule has 0 saturated carbocycles. The third-order valence-corrected chi connectivity index (χ3v) is 4.83. The van der Waals surface area contributed by atoms with Gasteiger partial charge in [-0.1, -0.05) is 13.8 Å². The number of rotatable bonds is 3. The smallest absolute Gasteiger partial charge is 0.138 e. The van der Waals surface area contributed by atoms with Crippen LogP contribution in [0.3, 0.4) is 0 Å². The van der Waals surface area contributed by atoms with Gasteiger partial charge in [-0.25, -0.2) is 4.98 Å². The molecule has 4 nitrogen and oxygen atoms in total. The van der Waals surface area contributed by atoms with E-state index < -0.39 is 0 Å². The second-order valence-corrected chi connectivity index (χ2v) is 7.47. The molecule has 0 unspecified atom stereocenters. The number of H-pyrrole nitrogens is 1. The Hall–Kier alpha value is -1.46. The Labute approximate surface area is 142 Å². The lowest BCUT2D eigenvalue weighted by Crippen LogP contribution is -2.33. The maximum atomic E-state index is 11.5. The van der Waals surface area contributed by atoms with E-state index in [2.05, 4.69) is 26.7 Å². The monoisotopic (exact) mass is 333 g/mol. The van der Waals surface area contributed by atoms with Crippen molar-refractivity contribution in [1.82, 2.24) is 15.3 Å². The standard InChI is InChI=1S/C9H10N2S.C9H17NO/c1-6-3-8(4-10-6)9-5-12-7(2)11-9;1-7(2)9(11)8-3-5-10-6-4-8/h3-5,10H,1-2H3;7-8,10H,3-6H2,1-2H3. The van der Waals surface area contributed by atoms with Crippen molar-refractivity contribution in [2.45, 2.75) is 40.5 Å². The number of nitrogens with one attached hydrogen (secondary N) is 2. The third-order valence-electron chi connectivity index (χ3n) is 4.05. The SMILES string of the molecule is CC(C)C(=O)C1CCNCC1.Cc1cc(-c2csc(C)n2)c[nH]1. The van der Waals surface area contributed by atoms with Crippen LogP contribution in [0.15, 0.2) is 17.6 Å². The molecule has 0 spiro atoms. The molecule has 5 heteroatoms. The van der Waals surface area contributed by atoms with Gasteiger partial charge in [0, 0.05) is 34.7 Å². The summed E-state index contributed by atoms with van der Waals surface area (Å²) in [6.45, 7) is 10.1. The van der Waals surface area contributed by atoms with Crippen LogP contribution in [0.2, 0.25) is 0 Å². The Balaban J connectivity index is 0.000000168. The molecule has 3 rings (SSSR count). The quantitative estimate of drug-likeness (QED) is 0.893. The van der Waals surface area contributed by atoms with Crippen molar-refractivity contribution in [3.63, 3.8) is 0 Å². The molecule has 126 valence electrons. The van der Waals surface area contributed by atoms with Crippen LogP contribution in [0.4, 0.5) is 0 Å². The van der Waals surface area contributed by atoms with Crippen LogP contribution in [-0.2, 0) is 4.79 Å². The van der Waals surface area contributed by atoms with Crippen LogP contribution in [-0.4, -0.2) is 28.8 Å². The van der Waals surface area contributed by atoms with E-state index in [1.807, 2.05) is 33.9 Å². The van der Waals surface area contributed by atoms with Crippen molar-refractivity contribution in [3.8, 4) is 11.3 Å². The first-order chi connectivity index (χ1) is 11.0. The number of ketones is 1. The zero-order valence-corrected chi connectivity index (χ0v) is 15.3. The highest BCUT2D eigenvalue weighted by atomic mass is 32.1. The third kappa shape index (κ3) is 5.29. The molecule has 1 saturated heterocycles. The molecule has 1 aliphatic rings. The molecule has 0 atom stereocenters. The average molecular weight is 334 g/mol. The molecule has 23 heavy (non-hydrogen) atoms. The first-order valence-electron chi connectivity index (χ1n) is 8.29. The average Bonchev–Trinajstić information content (AvgIpc) is 3.16. The minimum atomic E-state index is 0.220. The molecular weight excluding hydrogens is 306 g/mol. The van der Waals surface area contributed by atoms with Crippen molar-refractivity contribution in [1.29, 1.82) is 0 Å². The zero-order chi connectivity index (χ0) is 16.8. The fourth-order valence-corrected chi connectivity index (χ4v) is 3.35. The van der Waals surface area contributed by atoms with Crippen molar-refractivity contribution in [2.24, 2.45) is 11.8 Å². The molecule has 0 aromatic carbocycles. The Morgan fingerprint density at radius 2 is 2.00 bits per heavy atom. The molecule has 2 aromatic heterocycles. The van der Waals surface area contributed by atoms with Crippen molar-refractivity contribution in [2.75, 3.05) is 13.1 Å². The number of piperidine rings is 1. The zero-order valence-electron chi connectivity index (χ0n) is 14.5. The summed E-state index contributed by atoms with van der Waals surface area (Å²) >= 11 is 1.68. The van der Waals surface area contributed by atoms with Crippen molar-refractivity contribution < 1.29 is 4.79 Å². The van der Waals surface area contributed by atoms with E-state index in [9.17, 15) is 4.79 Å². The van der Waals surface area contributed by atoms with Crippen molar-refractivity contribution in [3.05, 3.63) is 28.3 Å². The highest BCUT2D eigenvalue weighted by Crippen LogP contribution is 2.21. The molecule has 1 aliphatic heterocycles. The van der Waals surface area contributed by atoms with E-state index in [4.69, 9.17) is 0 Å². The summed E-state index contributed by atoms with van der Waals surface area (Å²) < 4.78 is 0. The minimum absolute atomic E-state index is 0.220. The summed E-state index contributed by atoms with van der Waals surface area (Å²) in [6.07, 6.45) is 4.07.